The van der Waals surface area contributed by atoms with Gasteiger partial charge in [-0.25, -0.2) is 0 Å². The lowest BCUT2D eigenvalue weighted by Crippen LogP contribution is -2.31. The first-order chi connectivity index (χ1) is 13.8. The predicted molar refractivity (Wildman–Crippen MR) is 109 cm³/mol. The van der Waals surface area contributed by atoms with Crippen LogP contribution in [0.1, 0.15) is 51.3 Å². The summed E-state index contributed by atoms with van der Waals surface area (Å²) in [6.45, 7) is 4.44. The summed E-state index contributed by atoms with van der Waals surface area (Å²) in [5.41, 5.74) is 1.30. The van der Waals surface area contributed by atoms with Gasteiger partial charge in [0.15, 0.2) is 0 Å². The van der Waals surface area contributed by atoms with Gasteiger partial charge in [0.25, 0.3) is 17.7 Å². The molecule has 0 fully saturated rings. The first-order valence-corrected chi connectivity index (χ1v) is 9.39. The van der Waals surface area contributed by atoms with Crippen molar-refractivity contribution in [3.63, 3.8) is 0 Å². The van der Waals surface area contributed by atoms with E-state index < -0.39 is 5.91 Å². The Bertz CT molecular complexity index is 968. The van der Waals surface area contributed by atoms with Crippen LogP contribution in [0.25, 0.3) is 0 Å². The topological polar surface area (TPSA) is 84.9 Å². The number of carbonyl (C=O) groups excluding carboxylic acids is 3. The van der Waals surface area contributed by atoms with Crippen molar-refractivity contribution >= 4 is 23.4 Å². The summed E-state index contributed by atoms with van der Waals surface area (Å²) in [4.78, 5) is 39.2. The summed E-state index contributed by atoms with van der Waals surface area (Å²) in [6.07, 6.45) is 0.731. The SMILES string of the molecule is COc1ccc(OC)c(NC(=O)c2ccc3c(c2)C(=O)N(CCC(C)C)C3=O)c1. The van der Waals surface area contributed by atoms with E-state index in [-0.39, 0.29) is 22.9 Å². The van der Waals surface area contributed by atoms with E-state index in [9.17, 15) is 14.4 Å². The van der Waals surface area contributed by atoms with E-state index in [0.29, 0.717) is 35.2 Å². The van der Waals surface area contributed by atoms with E-state index >= 15 is 0 Å². The van der Waals surface area contributed by atoms with Gasteiger partial charge in [0, 0.05) is 18.2 Å². The second-order valence-corrected chi connectivity index (χ2v) is 7.23. The van der Waals surface area contributed by atoms with Gasteiger partial charge in [0.2, 0.25) is 0 Å². The number of benzene rings is 2. The van der Waals surface area contributed by atoms with E-state index in [4.69, 9.17) is 9.47 Å². The lowest BCUT2D eigenvalue weighted by atomic mass is 10.1. The summed E-state index contributed by atoms with van der Waals surface area (Å²) >= 11 is 0. The van der Waals surface area contributed by atoms with Crippen molar-refractivity contribution in [1.29, 1.82) is 0 Å². The van der Waals surface area contributed by atoms with Crippen LogP contribution in [0.3, 0.4) is 0 Å². The van der Waals surface area contributed by atoms with E-state index in [0.717, 1.165) is 6.42 Å². The zero-order valence-electron chi connectivity index (χ0n) is 16.9. The first kappa shape index (κ1) is 20.4. The molecule has 0 aliphatic carbocycles. The second kappa shape index (κ2) is 8.34. The molecular formula is C22H24N2O5. The molecule has 1 heterocycles. The van der Waals surface area contributed by atoms with Crippen LogP contribution in [-0.4, -0.2) is 43.4 Å². The van der Waals surface area contributed by atoms with E-state index in [1.54, 1.807) is 18.2 Å². The summed E-state index contributed by atoms with van der Waals surface area (Å²) in [5.74, 6) is 0.327. The fraction of sp³-hybridized carbons (Fsp3) is 0.318. The number of carbonyl (C=O) groups is 3. The molecule has 0 radical (unpaired) electrons. The molecule has 1 aliphatic rings. The summed E-state index contributed by atoms with van der Waals surface area (Å²) in [5, 5.41) is 2.77. The van der Waals surface area contributed by atoms with Gasteiger partial charge < -0.3 is 14.8 Å². The lowest BCUT2D eigenvalue weighted by molar-refractivity contribution is 0.0647. The Morgan fingerprint density at radius 2 is 1.72 bits per heavy atom. The Morgan fingerprint density at radius 1 is 1.00 bits per heavy atom. The molecule has 0 aromatic heterocycles. The number of hydrogen-bond acceptors (Lipinski definition) is 5. The molecule has 7 heteroatoms. The zero-order chi connectivity index (χ0) is 21.1. The molecular weight excluding hydrogens is 372 g/mol. The number of amides is 3. The molecule has 29 heavy (non-hydrogen) atoms. The molecule has 3 amide bonds. The Morgan fingerprint density at radius 3 is 2.38 bits per heavy atom. The van der Waals surface area contributed by atoms with Crippen LogP contribution in [0.15, 0.2) is 36.4 Å². The quantitative estimate of drug-likeness (QED) is 0.723. The van der Waals surface area contributed by atoms with E-state index in [1.165, 1.54) is 37.3 Å². The van der Waals surface area contributed by atoms with Gasteiger partial charge in [0.05, 0.1) is 31.0 Å². The maximum absolute atomic E-state index is 12.7. The number of rotatable bonds is 7. The van der Waals surface area contributed by atoms with Gasteiger partial charge >= 0.3 is 0 Å². The van der Waals surface area contributed by atoms with Crippen LogP contribution < -0.4 is 14.8 Å². The highest BCUT2D eigenvalue weighted by Crippen LogP contribution is 2.30. The number of anilines is 1. The van der Waals surface area contributed by atoms with Gasteiger partial charge in [-0.1, -0.05) is 13.8 Å². The van der Waals surface area contributed by atoms with E-state index in [1.807, 2.05) is 13.8 Å². The highest BCUT2D eigenvalue weighted by atomic mass is 16.5. The van der Waals surface area contributed by atoms with Crippen LogP contribution in [0.4, 0.5) is 5.69 Å². The third-order valence-electron chi connectivity index (χ3n) is 4.82. The minimum absolute atomic E-state index is 0.254. The average Bonchev–Trinajstić information content (AvgIpc) is 2.95. The van der Waals surface area contributed by atoms with Crippen LogP contribution in [0, 0.1) is 5.92 Å². The average molecular weight is 396 g/mol. The second-order valence-electron chi connectivity index (χ2n) is 7.23. The van der Waals surface area contributed by atoms with Crippen molar-refractivity contribution in [2.24, 2.45) is 5.92 Å². The Kier molecular flexibility index (Phi) is 5.87. The number of ether oxygens (including phenoxy) is 2. The molecule has 0 saturated carbocycles. The van der Waals surface area contributed by atoms with Gasteiger partial charge in [-0.05, 0) is 42.7 Å². The summed E-state index contributed by atoms with van der Waals surface area (Å²) in [7, 11) is 3.03. The molecule has 152 valence electrons. The lowest BCUT2D eigenvalue weighted by Gasteiger charge is -2.14. The van der Waals surface area contributed by atoms with Crippen molar-refractivity contribution in [2.75, 3.05) is 26.1 Å². The minimum atomic E-state index is -0.416. The van der Waals surface area contributed by atoms with Crippen LogP contribution >= 0.6 is 0 Å². The smallest absolute Gasteiger partial charge is 0.261 e. The van der Waals surface area contributed by atoms with Crippen LogP contribution in [0.5, 0.6) is 11.5 Å². The van der Waals surface area contributed by atoms with Crippen LogP contribution in [0.2, 0.25) is 0 Å². The third-order valence-corrected chi connectivity index (χ3v) is 4.82. The third kappa shape index (κ3) is 4.08. The Balaban J connectivity index is 1.84. The fourth-order valence-electron chi connectivity index (χ4n) is 3.13. The van der Waals surface area contributed by atoms with E-state index in [2.05, 4.69) is 5.32 Å². The van der Waals surface area contributed by atoms with Crippen molar-refractivity contribution in [3.05, 3.63) is 53.1 Å². The van der Waals surface area contributed by atoms with Gasteiger partial charge in [-0.15, -0.1) is 0 Å². The normalized spacial score (nSPS) is 12.9. The number of fused-ring (bicyclic) bond motifs is 1. The molecule has 3 rings (SSSR count). The fourth-order valence-corrected chi connectivity index (χ4v) is 3.13. The minimum Gasteiger partial charge on any atom is -0.497 e. The number of imide groups is 1. The molecule has 7 nitrogen and oxygen atoms in total. The Labute approximate surface area is 169 Å². The van der Waals surface area contributed by atoms with Crippen molar-refractivity contribution in [1.82, 2.24) is 4.90 Å². The molecule has 2 aromatic carbocycles. The molecule has 0 spiro atoms. The van der Waals surface area contributed by atoms with Crippen molar-refractivity contribution in [2.45, 2.75) is 20.3 Å². The molecule has 0 saturated heterocycles. The standard InChI is InChI=1S/C22H24N2O5/c1-13(2)9-10-24-21(26)16-7-5-14(11-17(16)22(24)27)20(25)23-18-12-15(28-3)6-8-19(18)29-4/h5-8,11-13H,9-10H2,1-4H3,(H,23,25). The van der Waals surface area contributed by atoms with Crippen molar-refractivity contribution < 1.29 is 23.9 Å². The largest absolute Gasteiger partial charge is 0.497 e. The van der Waals surface area contributed by atoms with Gasteiger partial charge in [-0.2, -0.15) is 0 Å². The Hall–Kier alpha value is -3.35. The van der Waals surface area contributed by atoms with Crippen LogP contribution in [-0.2, 0) is 0 Å². The highest BCUT2D eigenvalue weighted by Gasteiger charge is 2.35. The number of nitrogens with one attached hydrogen (secondary N) is 1. The highest BCUT2D eigenvalue weighted by molar-refractivity contribution is 6.22. The van der Waals surface area contributed by atoms with Gasteiger partial charge in [-0.3, -0.25) is 19.3 Å². The van der Waals surface area contributed by atoms with Crippen molar-refractivity contribution in [3.8, 4) is 11.5 Å². The molecule has 2 aromatic rings. The maximum atomic E-state index is 12.7. The number of methoxy groups -OCH3 is 2. The molecule has 1 N–H and O–H groups in total. The molecule has 0 bridgehead atoms. The molecule has 0 atom stereocenters. The van der Waals surface area contributed by atoms with Gasteiger partial charge in [0.1, 0.15) is 11.5 Å². The first-order valence-electron chi connectivity index (χ1n) is 9.39. The summed E-state index contributed by atoms with van der Waals surface area (Å²) < 4.78 is 10.5. The maximum Gasteiger partial charge on any atom is 0.261 e. The monoisotopic (exact) mass is 396 g/mol. The molecule has 1 aliphatic heterocycles. The number of hydrogen-bond donors (Lipinski definition) is 1. The molecule has 0 unspecified atom stereocenters. The summed E-state index contributed by atoms with van der Waals surface area (Å²) in [6, 6.07) is 9.59. The predicted octanol–water partition coefficient (Wildman–Crippen LogP) is 3.60. The number of nitrogens with zero attached hydrogens (tertiary/aromatic N) is 1. The zero-order valence-corrected chi connectivity index (χ0v) is 16.9.